The zero-order valence-electron chi connectivity index (χ0n) is 18.5. The van der Waals surface area contributed by atoms with E-state index in [-0.39, 0.29) is 47.2 Å². The largest absolute Gasteiger partial charge is 0.457 e. The molecule has 35 heavy (non-hydrogen) atoms. The Morgan fingerprint density at radius 1 is 0.971 bits per heavy atom. The number of para-hydroxylation sites is 1. The fourth-order valence-electron chi connectivity index (χ4n) is 3.81. The van der Waals surface area contributed by atoms with E-state index < -0.39 is 20.9 Å². The van der Waals surface area contributed by atoms with Crippen LogP contribution in [0.3, 0.4) is 0 Å². The number of nitrogens with zero attached hydrogens (tertiary/aromatic N) is 3. The van der Waals surface area contributed by atoms with Crippen LogP contribution in [-0.4, -0.2) is 49.8 Å². The monoisotopic (exact) mass is 499 g/mol. The highest BCUT2D eigenvalue weighted by atomic mass is 32.2. The summed E-state index contributed by atoms with van der Waals surface area (Å²) in [5.74, 6) is -1.13. The van der Waals surface area contributed by atoms with Crippen LogP contribution in [0.5, 0.6) is 0 Å². The Bertz CT molecular complexity index is 1340. The second kappa shape index (κ2) is 10.2. The van der Waals surface area contributed by atoms with Gasteiger partial charge in [0.05, 0.1) is 20.9 Å². The number of ether oxygens (including phenoxy) is 1. The van der Waals surface area contributed by atoms with Gasteiger partial charge >= 0.3 is 5.97 Å². The van der Waals surface area contributed by atoms with Gasteiger partial charge in [0.1, 0.15) is 12.4 Å². The topological polar surface area (TPSA) is 110 Å². The van der Waals surface area contributed by atoms with Crippen molar-refractivity contribution in [3.63, 3.8) is 0 Å². The summed E-state index contributed by atoms with van der Waals surface area (Å²) in [5, 5.41) is 11.1. The van der Waals surface area contributed by atoms with Crippen molar-refractivity contribution in [1.29, 1.82) is 0 Å². The van der Waals surface area contributed by atoms with Gasteiger partial charge < -0.3 is 9.64 Å². The lowest BCUT2D eigenvalue weighted by Gasteiger charge is -2.35. The van der Waals surface area contributed by atoms with Gasteiger partial charge in [0.25, 0.3) is 5.69 Å². The van der Waals surface area contributed by atoms with E-state index in [1.165, 1.54) is 58.9 Å². The van der Waals surface area contributed by atoms with E-state index >= 15 is 0 Å². The predicted octanol–water partition coefficient (Wildman–Crippen LogP) is 3.60. The van der Waals surface area contributed by atoms with Crippen LogP contribution in [0.4, 0.5) is 15.8 Å². The van der Waals surface area contributed by atoms with Gasteiger partial charge in [-0.1, -0.05) is 18.2 Å². The Morgan fingerprint density at radius 3 is 2.34 bits per heavy atom. The molecule has 1 aliphatic heterocycles. The van der Waals surface area contributed by atoms with Gasteiger partial charge in [-0.25, -0.2) is 17.6 Å². The van der Waals surface area contributed by atoms with Crippen LogP contribution in [0, 0.1) is 15.9 Å². The third kappa shape index (κ3) is 5.47. The summed E-state index contributed by atoms with van der Waals surface area (Å²) in [5.41, 5.74) is 0.895. The number of piperazine rings is 1. The summed E-state index contributed by atoms with van der Waals surface area (Å²) >= 11 is 0. The first kappa shape index (κ1) is 24.3. The number of esters is 1. The summed E-state index contributed by atoms with van der Waals surface area (Å²) in [6.07, 6.45) is 0. The lowest BCUT2D eigenvalue weighted by atomic mass is 10.2. The lowest BCUT2D eigenvalue weighted by molar-refractivity contribution is -0.385. The van der Waals surface area contributed by atoms with E-state index in [0.29, 0.717) is 13.1 Å². The summed E-state index contributed by atoms with van der Waals surface area (Å²) in [7, 11) is -3.87. The molecule has 0 amide bonds. The van der Waals surface area contributed by atoms with Crippen molar-refractivity contribution >= 4 is 27.4 Å². The Morgan fingerprint density at radius 2 is 1.66 bits per heavy atom. The smallest absolute Gasteiger partial charge is 0.338 e. The van der Waals surface area contributed by atoms with Crippen LogP contribution < -0.4 is 4.90 Å². The molecule has 0 atom stereocenters. The number of carbonyl (C=O) groups is 1. The van der Waals surface area contributed by atoms with Crippen LogP contribution in [0.25, 0.3) is 0 Å². The molecule has 0 aromatic heterocycles. The van der Waals surface area contributed by atoms with Crippen LogP contribution in [0.15, 0.2) is 77.7 Å². The summed E-state index contributed by atoms with van der Waals surface area (Å²) in [6, 6.07) is 17.4. The molecule has 1 aliphatic rings. The van der Waals surface area contributed by atoms with Crippen molar-refractivity contribution in [3.05, 3.63) is 99.9 Å². The molecule has 4 rings (SSSR count). The second-order valence-corrected chi connectivity index (χ2v) is 9.80. The van der Waals surface area contributed by atoms with Gasteiger partial charge in [-0.05, 0) is 48.5 Å². The zero-order chi connectivity index (χ0) is 25.0. The highest BCUT2D eigenvalue weighted by Crippen LogP contribution is 2.23. The molecule has 0 aliphatic carbocycles. The third-order valence-electron chi connectivity index (χ3n) is 5.69. The maximum Gasteiger partial charge on any atom is 0.338 e. The molecule has 0 spiro atoms. The van der Waals surface area contributed by atoms with E-state index in [9.17, 15) is 27.7 Å². The Labute approximate surface area is 201 Å². The van der Waals surface area contributed by atoms with Crippen LogP contribution >= 0.6 is 0 Å². The standard InChI is InChI=1S/C24H22FN3O6S/c25-20-8-10-21(11-9-20)26-12-14-27(15-13-26)35(32,33)22-6-3-5-18(16-22)24(29)34-17-19-4-1-2-7-23(19)28(30)31/h1-11,16H,12-15,17H2. The maximum atomic E-state index is 13.2. The van der Waals surface area contributed by atoms with Crippen LogP contribution in [-0.2, 0) is 21.4 Å². The summed E-state index contributed by atoms with van der Waals surface area (Å²) in [4.78, 5) is 25.0. The number of carbonyl (C=O) groups excluding carboxylic acids is 1. The number of halogens is 1. The molecule has 1 heterocycles. The first-order chi connectivity index (χ1) is 16.8. The minimum atomic E-state index is -3.87. The number of nitro benzene ring substituents is 1. The molecule has 9 nitrogen and oxygen atoms in total. The quantitative estimate of drug-likeness (QED) is 0.277. The number of sulfonamides is 1. The van der Waals surface area contributed by atoms with Gasteiger partial charge in [0.15, 0.2) is 0 Å². The molecule has 1 saturated heterocycles. The molecule has 0 saturated carbocycles. The maximum absolute atomic E-state index is 13.2. The Kier molecular flexibility index (Phi) is 7.08. The van der Waals surface area contributed by atoms with Gasteiger partial charge in [-0.15, -0.1) is 0 Å². The molecule has 11 heteroatoms. The van der Waals surface area contributed by atoms with Crippen molar-refractivity contribution in [3.8, 4) is 0 Å². The molecule has 0 radical (unpaired) electrons. The number of benzene rings is 3. The van der Waals surface area contributed by atoms with Crippen molar-refractivity contribution in [2.24, 2.45) is 0 Å². The number of rotatable bonds is 7. The fraction of sp³-hybridized carbons (Fsp3) is 0.208. The number of nitro groups is 1. The van der Waals surface area contributed by atoms with E-state index in [2.05, 4.69) is 0 Å². The average Bonchev–Trinajstić information content (AvgIpc) is 2.88. The van der Waals surface area contributed by atoms with E-state index in [0.717, 1.165) is 5.69 Å². The molecule has 0 N–H and O–H groups in total. The molecule has 1 fully saturated rings. The van der Waals surface area contributed by atoms with Gasteiger partial charge in [-0.2, -0.15) is 4.31 Å². The molecule has 3 aromatic rings. The SMILES string of the molecule is O=C(OCc1ccccc1[N+](=O)[O-])c1cccc(S(=O)(=O)N2CCN(c3ccc(F)cc3)CC2)c1. The van der Waals surface area contributed by atoms with Gasteiger partial charge in [-0.3, -0.25) is 10.1 Å². The van der Waals surface area contributed by atoms with Crippen molar-refractivity contribution < 1.29 is 27.3 Å². The van der Waals surface area contributed by atoms with Crippen molar-refractivity contribution in [2.75, 3.05) is 31.1 Å². The molecular weight excluding hydrogens is 477 g/mol. The third-order valence-corrected chi connectivity index (χ3v) is 7.58. The summed E-state index contributed by atoms with van der Waals surface area (Å²) < 4.78 is 46.1. The van der Waals surface area contributed by atoms with E-state index in [1.807, 2.05) is 4.90 Å². The van der Waals surface area contributed by atoms with Crippen molar-refractivity contribution in [1.82, 2.24) is 4.31 Å². The minimum absolute atomic E-state index is 0.0228. The molecule has 0 unspecified atom stereocenters. The molecule has 3 aromatic carbocycles. The lowest BCUT2D eigenvalue weighted by Crippen LogP contribution is -2.48. The van der Waals surface area contributed by atoms with Crippen LogP contribution in [0.1, 0.15) is 15.9 Å². The second-order valence-electron chi connectivity index (χ2n) is 7.86. The van der Waals surface area contributed by atoms with E-state index in [4.69, 9.17) is 4.74 Å². The number of anilines is 1. The normalized spacial score (nSPS) is 14.5. The van der Waals surface area contributed by atoms with Crippen molar-refractivity contribution in [2.45, 2.75) is 11.5 Å². The highest BCUT2D eigenvalue weighted by molar-refractivity contribution is 7.89. The highest BCUT2D eigenvalue weighted by Gasteiger charge is 2.29. The first-order valence-electron chi connectivity index (χ1n) is 10.8. The fourth-order valence-corrected chi connectivity index (χ4v) is 5.28. The number of hydrogen-bond acceptors (Lipinski definition) is 7. The Balaban J connectivity index is 1.43. The van der Waals surface area contributed by atoms with E-state index in [1.54, 1.807) is 18.2 Å². The molecular formula is C24H22FN3O6S. The van der Waals surface area contributed by atoms with Crippen LogP contribution in [0.2, 0.25) is 0 Å². The Hall–Kier alpha value is -3.83. The number of hydrogen-bond donors (Lipinski definition) is 0. The zero-order valence-corrected chi connectivity index (χ0v) is 19.4. The average molecular weight is 500 g/mol. The molecule has 182 valence electrons. The molecule has 0 bridgehead atoms. The van der Waals surface area contributed by atoms with Gasteiger partial charge in [0.2, 0.25) is 10.0 Å². The van der Waals surface area contributed by atoms with Gasteiger partial charge in [0, 0.05) is 37.9 Å². The first-order valence-corrected chi connectivity index (χ1v) is 12.2. The predicted molar refractivity (Wildman–Crippen MR) is 126 cm³/mol. The summed E-state index contributed by atoms with van der Waals surface area (Å²) in [6.45, 7) is 1.00. The minimum Gasteiger partial charge on any atom is -0.457 e.